The molecule has 0 amide bonds. The first-order chi connectivity index (χ1) is 18.4. The largest absolute Gasteiger partial charge is 0.748 e. The van der Waals surface area contributed by atoms with E-state index in [1.54, 1.807) is 30.6 Å². The summed E-state index contributed by atoms with van der Waals surface area (Å²) in [6, 6.07) is 9.46. The van der Waals surface area contributed by atoms with Gasteiger partial charge in [0.25, 0.3) is 15.1 Å². The quantitative estimate of drug-likeness (QED) is 0.183. The lowest BCUT2D eigenvalue weighted by Gasteiger charge is -2.20. The van der Waals surface area contributed by atoms with Gasteiger partial charge in [-0.15, -0.1) is 11.3 Å². The number of aromatic nitrogens is 1. The molecule has 0 aliphatic carbocycles. The van der Waals surface area contributed by atoms with E-state index in [4.69, 9.17) is 16.3 Å². The molecule has 0 bridgehead atoms. The third-order valence-electron chi connectivity index (χ3n) is 6.11. The molecule has 1 aliphatic rings. The van der Waals surface area contributed by atoms with Crippen molar-refractivity contribution in [3.63, 3.8) is 0 Å². The molecule has 208 valence electrons. The minimum Gasteiger partial charge on any atom is -0.748 e. The summed E-state index contributed by atoms with van der Waals surface area (Å²) in [7, 11) is -6.86. The summed E-state index contributed by atoms with van der Waals surface area (Å²) in [5.74, 6) is -0.105. The molecule has 0 radical (unpaired) electrons. The summed E-state index contributed by atoms with van der Waals surface area (Å²) in [5, 5.41) is 5.15. The topological polar surface area (TPSA) is 128 Å². The minimum atomic E-state index is -4.36. The van der Waals surface area contributed by atoms with Crippen LogP contribution < -0.4 is 14.2 Å². The van der Waals surface area contributed by atoms with Crippen molar-refractivity contribution >= 4 is 98.3 Å². The van der Waals surface area contributed by atoms with E-state index in [-0.39, 0.29) is 18.6 Å². The smallest absolute Gasteiger partial charge is 0.265 e. The van der Waals surface area contributed by atoms with Crippen LogP contribution in [0.5, 0.6) is 5.75 Å². The zero-order valence-electron chi connectivity index (χ0n) is 20.5. The van der Waals surface area contributed by atoms with Crippen molar-refractivity contribution in [2.75, 3.05) is 30.1 Å². The van der Waals surface area contributed by atoms with Crippen LogP contribution in [0.3, 0.4) is 0 Å². The van der Waals surface area contributed by atoms with E-state index in [0.29, 0.717) is 18.1 Å². The zero-order chi connectivity index (χ0) is 27.9. The van der Waals surface area contributed by atoms with Crippen LogP contribution in [-0.2, 0) is 26.8 Å². The Morgan fingerprint density at radius 3 is 2.67 bits per heavy atom. The van der Waals surface area contributed by atoms with Crippen molar-refractivity contribution in [3.05, 3.63) is 50.8 Å². The van der Waals surface area contributed by atoms with Gasteiger partial charge in [0.05, 0.1) is 49.9 Å². The molecule has 3 heterocycles. The van der Waals surface area contributed by atoms with Gasteiger partial charge in [0.2, 0.25) is 5.52 Å². The van der Waals surface area contributed by atoms with E-state index >= 15 is 0 Å². The number of anilines is 1. The molecule has 1 N–H and O–H groups in total. The first kappa shape index (κ1) is 28.6. The Bertz CT molecular complexity index is 1810. The summed E-state index contributed by atoms with van der Waals surface area (Å²) in [4.78, 5) is 2.89. The summed E-state index contributed by atoms with van der Waals surface area (Å²) in [5.41, 5.74) is 1.76. The van der Waals surface area contributed by atoms with Crippen LogP contribution in [0.2, 0.25) is 5.02 Å². The molecule has 0 spiro atoms. The van der Waals surface area contributed by atoms with Gasteiger partial charge in [-0.25, -0.2) is 8.42 Å². The fourth-order valence-corrected chi connectivity index (χ4v) is 8.89. The number of hydrogen-bond acceptors (Lipinski definition) is 10. The second kappa shape index (κ2) is 11.2. The molecule has 2 aromatic carbocycles. The number of thiophene rings is 1. The molecule has 39 heavy (non-hydrogen) atoms. The maximum atomic E-state index is 11.4. The second-order valence-electron chi connectivity index (χ2n) is 8.78. The Hall–Kier alpha value is -1.91. The highest BCUT2D eigenvalue weighted by Gasteiger charge is 2.30. The van der Waals surface area contributed by atoms with Crippen LogP contribution >= 0.6 is 46.0 Å². The molecule has 2 aromatic heterocycles. The van der Waals surface area contributed by atoms with Crippen molar-refractivity contribution in [1.29, 1.82) is 0 Å². The number of benzene rings is 2. The van der Waals surface area contributed by atoms with Gasteiger partial charge in [-0.2, -0.15) is 13.0 Å². The van der Waals surface area contributed by atoms with Gasteiger partial charge in [0, 0.05) is 34.7 Å². The lowest BCUT2D eigenvalue weighted by Crippen LogP contribution is -2.36. The molecule has 0 fully saturated rings. The van der Waals surface area contributed by atoms with Crippen molar-refractivity contribution < 1.29 is 35.2 Å². The summed E-state index contributed by atoms with van der Waals surface area (Å²) < 4.78 is 75.5. The SMILES string of the molecule is COc1cc2sc(/C=C3/Sc4ccc(Cl)cc4N3CCCS(=O)(=O)[O-])[n+](CCCS(=O)(=O)O)c2c2ccsc12. The number of thioether (sulfide) groups is 1. The molecular formula is C24H23ClN2O7S5. The van der Waals surface area contributed by atoms with Gasteiger partial charge in [0.15, 0.2) is 6.54 Å². The van der Waals surface area contributed by atoms with Crippen molar-refractivity contribution in [3.8, 4) is 5.75 Å². The minimum absolute atomic E-state index is 0.142. The lowest BCUT2D eigenvalue weighted by atomic mass is 10.2. The molecule has 0 atom stereocenters. The number of fused-ring (bicyclic) bond motifs is 4. The van der Waals surface area contributed by atoms with E-state index in [9.17, 15) is 25.9 Å². The lowest BCUT2D eigenvalue weighted by molar-refractivity contribution is -0.667. The molecule has 5 rings (SSSR count). The molecular weight excluding hydrogens is 624 g/mol. The number of halogens is 1. The Labute approximate surface area is 243 Å². The van der Waals surface area contributed by atoms with Crippen LogP contribution in [0.15, 0.2) is 45.6 Å². The third kappa shape index (κ3) is 6.38. The van der Waals surface area contributed by atoms with Gasteiger partial charge in [-0.1, -0.05) is 34.7 Å². The second-order valence-corrected chi connectivity index (χ2v) is 15.4. The standard InChI is InChI=1S/C24H23ClN2O7S5/c1-34-18-13-20-23(16-6-9-35-24(16)18)27(8-3-11-39(31,32)33)22(37-20)14-21-26(7-2-10-38(28,29)30)17-12-15(25)4-5-19(17)36-21/h4-6,9,12-14H,2-3,7-8,10-11H2,1H3,(H-,28,29,30,31,32,33). The van der Waals surface area contributed by atoms with Crippen molar-refractivity contribution in [2.45, 2.75) is 24.3 Å². The molecule has 4 aromatic rings. The normalized spacial score (nSPS) is 15.1. The molecule has 9 nitrogen and oxygen atoms in total. The van der Waals surface area contributed by atoms with E-state index in [1.165, 1.54) is 23.1 Å². The number of nitrogens with zero attached hydrogens (tertiary/aromatic N) is 2. The Kier molecular flexibility index (Phi) is 8.19. The summed E-state index contributed by atoms with van der Waals surface area (Å²) in [6.07, 6.45) is 2.33. The first-order valence-electron chi connectivity index (χ1n) is 11.7. The highest BCUT2D eigenvalue weighted by atomic mass is 35.5. The van der Waals surface area contributed by atoms with Crippen LogP contribution in [0.25, 0.3) is 26.4 Å². The highest BCUT2D eigenvalue weighted by molar-refractivity contribution is 8.04. The molecule has 0 saturated carbocycles. The molecule has 15 heteroatoms. The number of rotatable bonds is 10. The van der Waals surface area contributed by atoms with E-state index in [1.807, 2.05) is 39.1 Å². The predicted octanol–water partition coefficient (Wildman–Crippen LogP) is 5.19. The highest BCUT2D eigenvalue weighted by Crippen LogP contribution is 2.48. The Balaban J connectivity index is 1.62. The monoisotopic (exact) mass is 646 g/mol. The number of thiazole rings is 1. The first-order valence-corrected chi connectivity index (χ1v) is 17.8. The summed E-state index contributed by atoms with van der Waals surface area (Å²) in [6.45, 7) is 0.637. The van der Waals surface area contributed by atoms with Crippen LogP contribution in [0.1, 0.15) is 17.8 Å². The van der Waals surface area contributed by atoms with Crippen LogP contribution in [-0.4, -0.2) is 51.1 Å². The van der Waals surface area contributed by atoms with Gasteiger partial charge in [-0.3, -0.25) is 4.55 Å². The van der Waals surface area contributed by atoms with Gasteiger partial charge in [-0.05, 0) is 36.1 Å². The third-order valence-corrected chi connectivity index (χ3v) is 11.1. The molecule has 1 aliphatic heterocycles. The number of ether oxygens (including phenoxy) is 1. The number of hydrogen-bond donors (Lipinski definition) is 1. The van der Waals surface area contributed by atoms with Crippen LogP contribution in [0, 0.1) is 0 Å². The molecule has 0 unspecified atom stereocenters. The van der Waals surface area contributed by atoms with Gasteiger partial charge < -0.3 is 14.2 Å². The van der Waals surface area contributed by atoms with E-state index < -0.39 is 26.0 Å². The van der Waals surface area contributed by atoms with Gasteiger partial charge in [0.1, 0.15) is 10.4 Å². The summed E-state index contributed by atoms with van der Waals surface area (Å²) >= 11 is 10.8. The average Bonchev–Trinajstić information content (AvgIpc) is 3.53. The fraction of sp³-hybridized carbons (Fsp3) is 0.292. The number of methoxy groups -OCH3 is 1. The van der Waals surface area contributed by atoms with Crippen LogP contribution in [0.4, 0.5) is 5.69 Å². The predicted molar refractivity (Wildman–Crippen MR) is 157 cm³/mol. The average molecular weight is 647 g/mol. The Morgan fingerprint density at radius 1 is 1.15 bits per heavy atom. The fourth-order valence-electron chi connectivity index (χ4n) is 4.51. The zero-order valence-corrected chi connectivity index (χ0v) is 25.3. The van der Waals surface area contributed by atoms with E-state index in [2.05, 4.69) is 0 Å². The van der Waals surface area contributed by atoms with Crippen molar-refractivity contribution in [2.24, 2.45) is 0 Å². The molecule has 0 saturated heterocycles. The van der Waals surface area contributed by atoms with Gasteiger partial charge >= 0.3 is 0 Å². The number of aryl methyl sites for hydroxylation is 1. The maximum absolute atomic E-state index is 11.4. The Morgan fingerprint density at radius 2 is 1.95 bits per heavy atom. The van der Waals surface area contributed by atoms with E-state index in [0.717, 1.165) is 46.7 Å². The van der Waals surface area contributed by atoms with Crippen molar-refractivity contribution in [1.82, 2.24) is 0 Å². The maximum Gasteiger partial charge on any atom is 0.265 e.